The number of likely N-dealkylation sites (tertiary alicyclic amines) is 1. The van der Waals surface area contributed by atoms with Crippen molar-refractivity contribution in [3.05, 3.63) is 24.0 Å². The lowest BCUT2D eigenvalue weighted by Crippen LogP contribution is -2.29. The van der Waals surface area contributed by atoms with E-state index in [2.05, 4.69) is 4.98 Å². The lowest BCUT2D eigenvalue weighted by molar-refractivity contribution is 0.0723. The van der Waals surface area contributed by atoms with Crippen molar-refractivity contribution in [2.24, 2.45) is 0 Å². The van der Waals surface area contributed by atoms with Crippen LogP contribution < -0.4 is 0 Å². The molecule has 0 saturated carbocycles. The molecule has 1 atom stereocenters. The maximum atomic E-state index is 12.0. The van der Waals surface area contributed by atoms with E-state index in [-0.39, 0.29) is 17.8 Å². The number of aromatic hydroxyl groups is 1. The molecular weight excluding hydrogens is 208 g/mol. The summed E-state index contributed by atoms with van der Waals surface area (Å²) in [5.74, 6) is -0.101. The van der Waals surface area contributed by atoms with Crippen molar-refractivity contribution >= 4 is 5.91 Å². The van der Waals surface area contributed by atoms with Gasteiger partial charge in [-0.2, -0.15) is 0 Å². The second-order valence-electron chi connectivity index (χ2n) is 3.83. The zero-order valence-corrected chi connectivity index (χ0v) is 9.09. The molecule has 1 unspecified atom stereocenters. The number of methoxy groups -OCH3 is 1. The molecule has 0 radical (unpaired) electrons. The number of hydrogen-bond donors (Lipinski definition) is 1. The van der Waals surface area contributed by atoms with Gasteiger partial charge in [0.25, 0.3) is 5.91 Å². The van der Waals surface area contributed by atoms with Gasteiger partial charge in [0.15, 0.2) is 0 Å². The van der Waals surface area contributed by atoms with E-state index in [1.165, 1.54) is 18.5 Å². The number of carbonyl (C=O) groups excluding carboxylic acids is 1. The largest absolute Gasteiger partial charge is 0.506 e. The van der Waals surface area contributed by atoms with Crippen LogP contribution in [0.4, 0.5) is 0 Å². The summed E-state index contributed by atoms with van der Waals surface area (Å²) in [7, 11) is 1.65. The highest BCUT2D eigenvalue weighted by Crippen LogP contribution is 2.17. The highest BCUT2D eigenvalue weighted by Gasteiger charge is 2.26. The fourth-order valence-electron chi connectivity index (χ4n) is 1.83. The fourth-order valence-corrected chi connectivity index (χ4v) is 1.83. The van der Waals surface area contributed by atoms with Gasteiger partial charge < -0.3 is 14.7 Å². The highest BCUT2D eigenvalue weighted by atomic mass is 16.5. The quantitative estimate of drug-likeness (QED) is 0.798. The van der Waals surface area contributed by atoms with Gasteiger partial charge in [-0.05, 0) is 12.5 Å². The molecule has 0 aromatic carbocycles. The lowest BCUT2D eigenvalue weighted by Gasteiger charge is -2.15. The third-order valence-electron chi connectivity index (χ3n) is 2.74. The first-order chi connectivity index (χ1) is 7.70. The smallest absolute Gasteiger partial charge is 0.255 e. The Morgan fingerprint density at radius 3 is 3.06 bits per heavy atom. The Balaban J connectivity index is 2.08. The average Bonchev–Trinajstić information content (AvgIpc) is 2.76. The Morgan fingerprint density at radius 1 is 1.62 bits per heavy atom. The van der Waals surface area contributed by atoms with E-state index >= 15 is 0 Å². The van der Waals surface area contributed by atoms with Gasteiger partial charge >= 0.3 is 0 Å². The van der Waals surface area contributed by atoms with E-state index in [4.69, 9.17) is 4.74 Å². The van der Waals surface area contributed by atoms with E-state index in [0.717, 1.165) is 6.42 Å². The predicted octanol–water partition coefficient (Wildman–Crippen LogP) is 0.648. The summed E-state index contributed by atoms with van der Waals surface area (Å²) in [4.78, 5) is 17.5. The molecule has 1 amide bonds. The van der Waals surface area contributed by atoms with Gasteiger partial charge in [-0.15, -0.1) is 0 Å². The van der Waals surface area contributed by atoms with E-state index < -0.39 is 0 Å². The number of rotatable bonds is 2. The van der Waals surface area contributed by atoms with Crippen molar-refractivity contribution in [2.75, 3.05) is 20.2 Å². The van der Waals surface area contributed by atoms with Crippen molar-refractivity contribution in [1.29, 1.82) is 0 Å². The van der Waals surface area contributed by atoms with Gasteiger partial charge in [0.1, 0.15) is 5.75 Å². The summed E-state index contributed by atoms with van der Waals surface area (Å²) < 4.78 is 5.19. The van der Waals surface area contributed by atoms with Crippen LogP contribution in [-0.2, 0) is 4.74 Å². The van der Waals surface area contributed by atoms with Crippen molar-refractivity contribution in [3.8, 4) is 5.75 Å². The van der Waals surface area contributed by atoms with Gasteiger partial charge in [0.2, 0.25) is 0 Å². The number of nitrogens with zero attached hydrogens (tertiary/aromatic N) is 2. The lowest BCUT2D eigenvalue weighted by atomic mass is 10.2. The summed E-state index contributed by atoms with van der Waals surface area (Å²) in [6.07, 6.45) is 3.74. The molecule has 1 aromatic rings. The van der Waals surface area contributed by atoms with E-state index in [9.17, 15) is 9.90 Å². The maximum absolute atomic E-state index is 12.0. The second kappa shape index (κ2) is 4.49. The van der Waals surface area contributed by atoms with Crippen molar-refractivity contribution in [2.45, 2.75) is 12.5 Å². The number of hydrogen-bond acceptors (Lipinski definition) is 4. The minimum absolute atomic E-state index is 0.00772. The number of aromatic nitrogens is 1. The highest BCUT2D eigenvalue weighted by molar-refractivity contribution is 5.94. The number of ether oxygens (including phenoxy) is 1. The summed E-state index contributed by atoms with van der Waals surface area (Å²) in [5, 5.41) is 9.24. The number of carbonyl (C=O) groups is 1. The Labute approximate surface area is 93.7 Å². The van der Waals surface area contributed by atoms with Crippen LogP contribution in [0.1, 0.15) is 16.8 Å². The topological polar surface area (TPSA) is 62.7 Å². The van der Waals surface area contributed by atoms with Crippen LogP contribution in [0.2, 0.25) is 0 Å². The van der Waals surface area contributed by atoms with E-state index in [1.807, 2.05) is 0 Å². The molecule has 0 bridgehead atoms. The maximum Gasteiger partial charge on any atom is 0.255 e. The zero-order chi connectivity index (χ0) is 11.5. The molecule has 2 heterocycles. The first kappa shape index (κ1) is 10.9. The van der Waals surface area contributed by atoms with Crippen molar-refractivity contribution in [3.63, 3.8) is 0 Å². The minimum Gasteiger partial charge on any atom is -0.506 e. The third kappa shape index (κ3) is 2.14. The Kier molecular flexibility index (Phi) is 3.05. The first-order valence-electron chi connectivity index (χ1n) is 5.17. The molecule has 1 N–H and O–H groups in total. The van der Waals surface area contributed by atoms with E-state index in [1.54, 1.807) is 12.0 Å². The number of pyridine rings is 1. The SMILES string of the molecule is COC1CCN(C(=O)c2cncc(O)c2)C1. The molecule has 5 nitrogen and oxygen atoms in total. The molecule has 0 aliphatic carbocycles. The van der Waals surface area contributed by atoms with E-state index in [0.29, 0.717) is 18.7 Å². The first-order valence-corrected chi connectivity index (χ1v) is 5.17. The van der Waals surface area contributed by atoms with Gasteiger partial charge in [-0.25, -0.2) is 0 Å². The fraction of sp³-hybridized carbons (Fsp3) is 0.455. The molecule has 1 fully saturated rings. The Hall–Kier alpha value is -1.62. The van der Waals surface area contributed by atoms with Gasteiger partial charge in [-0.1, -0.05) is 0 Å². The third-order valence-corrected chi connectivity index (χ3v) is 2.74. The summed E-state index contributed by atoms with van der Waals surface area (Å²) in [6.45, 7) is 1.29. The summed E-state index contributed by atoms with van der Waals surface area (Å²) in [5.41, 5.74) is 0.414. The van der Waals surface area contributed by atoms with Crippen LogP contribution in [0.5, 0.6) is 5.75 Å². The molecule has 86 valence electrons. The van der Waals surface area contributed by atoms with Crippen molar-refractivity contribution in [1.82, 2.24) is 9.88 Å². The van der Waals surface area contributed by atoms with Crippen molar-refractivity contribution < 1.29 is 14.6 Å². The molecule has 5 heteroatoms. The predicted molar refractivity (Wildman–Crippen MR) is 57.2 cm³/mol. The standard InChI is InChI=1S/C11H14N2O3/c1-16-10-2-3-13(7-10)11(15)8-4-9(14)6-12-5-8/h4-6,10,14H,2-3,7H2,1H3. The van der Waals surface area contributed by atoms with Crippen LogP contribution in [0, 0.1) is 0 Å². The molecule has 1 aromatic heterocycles. The normalized spacial score (nSPS) is 20.1. The molecule has 1 aliphatic heterocycles. The van der Waals surface area contributed by atoms with Gasteiger partial charge in [0, 0.05) is 26.4 Å². The second-order valence-corrected chi connectivity index (χ2v) is 3.83. The molecule has 1 aliphatic rings. The van der Waals surface area contributed by atoms with Crippen LogP contribution >= 0.6 is 0 Å². The Bertz CT molecular complexity index is 395. The summed E-state index contributed by atoms with van der Waals surface area (Å²) >= 11 is 0. The summed E-state index contributed by atoms with van der Waals surface area (Å²) in [6, 6.07) is 1.43. The van der Waals surface area contributed by atoms with Crippen LogP contribution in [0.15, 0.2) is 18.5 Å². The zero-order valence-electron chi connectivity index (χ0n) is 9.09. The van der Waals surface area contributed by atoms with Crippen LogP contribution in [0.25, 0.3) is 0 Å². The molecule has 1 saturated heterocycles. The minimum atomic E-state index is -0.108. The molecule has 0 spiro atoms. The van der Waals surface area contributed by atoms with Crippen LogP contribution in [0.3, 0.4) is 0 Å². The molecule has 2 rings (SSSR count). The Morgan fingerprint density at radius 2 is 2.44 bits per heavy atom. The monoisotopic (exact) mass is 222 g/mol. The van der Waals surface area contributed by atoms with Crippen LogP contribution in [-0.4, -0.2) is 47.2 Å². The molecule has 16 heavy (non-hydrogen) atoms. The average molecular weight is 222 g/mol. The van der Waals surface area contributed by atoms with Gasteiger partial charge in [-0.3, -0.25) is 9.78 Å². The molecular formula is C11H14N2O3. The van der Waals surface area contributed by atoms with Gasteiger partial charge in [0.05, 0.1) is 17.9 Å². The number of amides is 1.